The zero-order valence-corrected chi connectivity index (χ0v) is 20.9. The first-order valence-corrected chi connectivity index (χ1v) is 12.6. The molecule has 0 aromatic heterocycles. The maximum absolute atomic E-state index is 10.5. The Balaban J connectivity index is 0. The molecule has 0 radical (unpaired) electrons. The van der Waals surface area contributed by atoms with Gasteiger partial charge in [0.05, 0.1) is 16.2 Å². The van der Waals surface area contributed by atoms with E-state index in [0.29, 0.717) is 6.42 Å². The van der Waals surface area contributed by atoms with Crippen molar-refractivity contribution in [3.63, 3.8) is 0 Å². The van der Waals surface area contributed by atoms with Gasteiger partial charge >= 0.3 is 29.6 Å². The summed E-state index contributed by atoms with van der Waals surface area (Å²) in [6.07, 6.45) is 21.5. The Morgan fingerprint density at radius 3 is 1.15 bits per heavy atom. The van der Waals surface area contributed by atoms with Crippen molar-refractivity contribution >= 4 is 10.1 Å². The van der Waals surface area contributed by atoms with Gasteiger partial charge in [0.15, 0.2) is 0 Å². The van der Waals surface area contributed by atoms with Gasteiger partial charge in [-0.25, -0.2) is 8.42 Å². The van der Waals surface area contributed by atoms with Crippen LogP contribution in [0.15, 0.2) is 0 Å². The summed E-state index contributed by atoms with van der Waals surface area (Å²) in [5.74, 6) is -0.198. The van der Waals surface area contributed by atoms with Gasteiger partial charge in [0, 0.05) is 5.75 Å². The smallest absolute Gasteiger partial charge is 0.748 e. The van der Waals surface area contributed by atoms with Gasteiger partial charge < -0.3 is 9.66 Å². The normalized spacial score (nSPS) is 12.7. The van der Waals surface area contributed by atoms with Crippen molar-refractivity contribution in [3.8, 4) is 0 Å². The molecule has 1 N–H and O–H groups in total. The largest absolute Gasteiger partial charge is 1.00 e. The van der Waals surface area contributed by atoms with E-state index in [1.807, 2.05) is 6.92 Å². The zero-order valence-electron chi connectivity index (χ0n) is 18.1. The van der Waals surface area contributed by atoms with Crippen LogP contribution >= 0.6 is 0 Å². The summed E-state index contributed by atoms with van der Waals surface area (Å²) in [5, 5.41) is 9.18. The molecule has 1 unspecified atom stereocenters. The SMILES string of the molecule is CC(O)CCCCCCCCCCCCCCCCCCCS(=O)(=O)[O-].[Na+]. The average Bonchev–Trinajstić information content (AvgIpc) is 2.55. The van der Waals surface area contributed by atoms with Crippen LogP contribution in [0.2, 0.25) is 0 Å². The molecule has 0 saturated heterocycles. The molecule has 0 aromatic rings. The molecule has 0 heterocycles. The maximum Gasteiger partial charge on any atom is 1.00 e. The number of aliphatic hydroxyl groups excluding tert-OH is 1. The van der Waals surface area contributed by atoms with Crippen LogP contribution in [-0.2, 0) is 10.1 Å². The van der Waals surface area contributed by atoms with Gasteiger partial charge in [0.1, 0.15) is 0 Å². The van der Waals surface area contributed by atoms with Gasteiger partial charge in [-0.1, -0.05) is 103 Å². The molecule has 0 saturated carbocycles. The minimum Gasteiger partial charge on any atom is -0.748 e. The minimum atomic E-state index is -4.01. The summed E-state index contributed by atoms with van der Waals surface area (Å²) in [5.41, 5.74) is 0. The fourth-order valence-corrected chi connectivity index (χ4v) is 3.93. The van der Waals surface area contributed by atoms with Crippen LogP contribution in [-0.4, -0.2) is 29.9 Å². The van der Waals surface area contributed by atoms with Crippen molar-refractivity contribution in [1.29, 1.82) is 0 Å². The van der Waals surface area contributed by atoms with Crippen molar-refractivity contribution in [1.82, 2.24) is 0 Å². The van der Waals surface area contributed by atoms with Crippen molar-refractivity contribution in [2.45, 2.75) is 129 Å². The quantitative estimate of drug-likeness (QED) is 0.189. The summed E-state index contributed by atoms with van der Waals surface area (Å²) in [7, 11) is -4.01. The van der Waals surface area contributed by atoms with Crippen LogP contribution in [0, 0.1) is 0 Å². The van der Waals surface area contributed by atoms with Crippen LogP contribution in [0.1, 0.15) is 122 Å². The topological polar surface area (TPSA) is 77.4 Å². The predicted octanol–water partition coefficient (Wildman–Crippen LogP) is 2.94. The van der Waals surface area contributed by atoms with Crippen molar-refractivity contribution < 1.29 is 47.6 Å². The summed E-state index contributed by atoms with van der Waals surface area (Å²) >= 11 is 0. The molecule has 0 amide bonds. The monoisotopic (exact) mass is 414 g/mol. The molecular formula is C21H43NaO4S. The fraction of sp³-hybridized carbons (Fsp3) is 1.00. The van der Waals surface area contributed by atoms with Gasteiger partial charge in [-0.15, -0.1) is 0 Å². The molecule has 158 valence electrons. The molecule has 0 aliphatic heterocycles. The second-order valence-corrected chi connectivity index (χ2v) is 9.43. The first kappa shape index (κ1) is 30.1. The van der Waals surface area contributed by atoms with E-state index in [4.69, 9.17) is 0 Å². The van der Waals surface area contributed by atoms with Gasteiger partial charge in [-0.2, -0.15) is 0 Å². The van der Waals surface area contributed by atoms with Gasteiger partial charge in [-0.05, 0) is 19.8 Å². The average molecular weight is 415 g/mol. The van der Waals surface area contributed by atoms with E-state index >= 15 is 0 Å². The Morgan fingerprint density at radius 2 is 0.889 bits per heavy atom. The standard InChI is InChI=1S/C21H44O4S.Na/c1-21(22)19-17-15-13-11-9-7-5-3-2-4-6-8-10-12-14-16-18-20-26(23,24)25;/h21-22H,2-20H2,1H3,(H,23,24,25);/q;+1/p-1. The third-order valence-corrected chi connectivity index (χ3v) is 5.80. The van der Waals surface area contributed by atoms with Crippen LogP contribution in [0.4, 0.5) is 0 Å². The molecule has 4 nitrogen and oxygen atoms in total. The van der Waals surface area contributed by atoms with E-state index in [-0.39, 0.29) is 41.4 Å². The van der Waals surface area contributed by atoms with Crippen molar-refractivity contribution in [2.24, 2.45) is 0 Å². The second kappa shape index (κ2) is 21.6. The molecule has 0 rings (SSSR count). The number of aliphatic hydroxyl groups is 1. The number of hydrogen-bond acceptors (Lipinski definition) is 4. The van der Waals surface area contributed by atoms with Gasteiger partial charge in [-0.3, -0.25) is 0 Å². The fourth-order valence-electron chi connectivity index (χ4n) is 3.37. The number of rotatable bonds is 20. The van der Waals surface area contributed by atoms with Crippen LogP contribution in [0.5, 0.6) is 0 Å². The first-order chi connectivity index (χ1) is 12.4. The summed E-state index contributed by atoms with van der Waals surface area (Å²) in [6.45, 7) is 1.87. The van der Waals surface area contributed by atoms with E-state index in [1.165, 1.54) is 83.5 Å². The molecule has 0 bridgehead atoms. The Morgan fingerprint density at radius 1 is 0.630 bits per heavy atom. The van der Waals surface area contributed by atoms with E-state index in [2.05, 4.69) is 0 Å². The Kier molecular flexibility index (Phi) is 24.0. The van der Waals surface area contributed by atoms with Crippen LogP contribution in [0.25, 0.3) is 0 Å². The molecule has 27 heavy (non-hydrogen) atoms. The van der Waals surface area contributed by atoms with E-state index in [9.17, 15) is 18.1 Å². The second-order valence-electron chi connectivity index (χ2n) is 7.91. The van der Waals surface area contributed by atoms with Crippen molar-refractivity contribution in [3.05, 3.63) is 0 Å². The summed E-state index contributed by atoms with van der Waals surface area (Å²) in [4.78, 5) is 0. The van der Waals surface area contributed by atoms with E-state index in [0.717, 1.165) is 25.7 Å². The third-order valence-electron chi connectivity index (χ3n) is 5.02. The molecule has 0 aliphatic carbocycles. The molecule has 0 fully saturated rings. The van der Waals surface area contributed by atoms with Crippen LogP contribution < -0.4 is 29.6 Å². The molecule has 0 aromatic carbocycles. The minimum absolute atomic E-state index is 0. The Labute approximate surface area is 191 Å². The number of unbranched alkanes of at least 4 members (excludes halogenated alkanes) is 16. The van der Waals surface area contributed by atoms with Crippen LogP contribution in [0.3, 0.4) is 0 Å². The van der Waals surface area contributed by atoms with Crippen molar-refractivity contribution in [2.75, 3.05) is 5.75 Å². The summed E-state index contributed by atoms with van der Waals surface area (Å²) < 4.78 is 31.4. The predicted molar refractivity (Wildman–Crippen MR) is 109 cm³/mol. The van der Waals surface area contributed by atoms with E-state index in [1.54, 1.807) is 0 Å². The maximum atomic E-state index is 10.5. The first-order valence-electron chi connectivity index (χ1n) is 11.0. The molecule has 1 atom stereocenters. The van der Waals surface area contributed by atoms with E-state index < -0.39 is 10.1 Å². The summed E-state index contributed by atoms with van der Waals surface area (Å²) in [6, 6.07) is 0. The third kappa shape index (κ3) is 29.2. The molecule has 0 aliphatic rings. The molecular weight excluding hydrogens is 371 g/mol. The zero-order chi connectivity index (χ0) is 19.5. The Hall–Kier alpha value is 0.870. The molecule has 6 heteroatoms. The molecule has 0 spiro atoms. The Bertz CT molecular complexity index is 386. The number of hydrogen-bond donors (Lipinski definition) is 1. The van der Waals surface area contributed by atoms with Gasteiger partial charge in [0.25, 0.3) is 0 Å². The van der Waals surface area contributed by atoms with Gasteiger partial charge in [0.2, 0.25) is 0 Å².